The molecule has 0 aromatic rings. The van der Waals surface area contributed by atoms with Gasteiger partial charge in [0, 0.05) is 6.04 Å². The number of amides is 2. The van der Waals surface area contributed by atoms with Crippen molar-refractivity contribution in [1.82, 2.24) is 4.90 Å². The number of fused-ring (bicyclic) bond motifs is 2. The molecule has 0 aromatic carbocycles. The standard InChI is InChI=1S/C12H20N2O3/c1-11(2,3)17-10(16)14-8-4-6-12(14,7-5-8)9(13)15/h8H,4-7H2,1-3H3,(H2,13,15). The summed E-state index contributed by atoms with van der Waals surface area (Å²) in [6, 6.07) is 0.123. The van der Waals surface area contributed by atoms with Gasteiger partial charge in [-0.2, -0.15) is 0 Å². The van der Waals surface area contributed by atoms with Crippen molar-refractivity contribution < 1.29 is 14.3 Å². The predicted octanol–water partition coefficient (Wildman–Crippen LogP) is 1.40. The maximum absolute atomic E-state index is 12.1. The van der Waals surface area contributed by atoms with E-state index in [1.165, 1.54) is 0 Å². The first kappa shape index (κ1) is 12.2. The van der Waals surface area contributed by atoms with Gasteiger partial charge in [0.2, 0.25) is 5.91 Å². The number of hydrogen-bond donors (Lipinski definition) is 1. The Morgan fingerprint density at radius 2 is 1.82 bits per heavy atom. The summed E-state index contributed by atoms with van der Waals surface area (Å²) in [5.41, 5.74) is 4.15. The smallest absolute Gasteiger partial charge is 0.411 e. The van der Waals surface area contributed by atoms with Crippen molar-refractivity contribution in [2.24, 2.45) is 5.73 Å². The van der Waals surface area contributed by atoms with Gasteiger partial charge in [-0.3, -0.25) is 9.69 Å². The fourth-order valence-corrected chi connectivity index (χ4v) is 2.93. The van der Waals surface area contributed by atoms with Gasteiger partial charge < -0.3 is 10.5 Å². The molecule has 5 heteroatoms. The third-order valence-electron chi connectivity index (χ3n) is 3.66. The largest absolute Gasteiger partial charge is 0.444 e. The fraction of sp³-hybridized carbons (Fsp3) is 0.833. The molecule has 2 amide bonds. The molecule has 0 aromatic heterocycles. The van der Waals surface area contributed by atoms with E-state index in [-0.39, 0.29) is 6.04 Å². The van der Waals surface area contributed by atoms with E-state index in [4.69, 9.17) is 10.5 Å². The first-order valence-corrected chi connectivity index (χ1v) is 6.08. The normalized spacial score (nSPS) is 31.7. The summed E-state index contributed by atoms with van der Waals surface area (Å²) in [6.07, 6.45) is 2.64. The van der Waals surface area contributed by atoms with Crippen LogP contribution >= 0.6 is 0 Å². The van der Waals surface area contributed by atoms with Gasteiger partial charge >= 0.3 is 6.09 Å². The molecule has 2 fully saturated rings. The Labute approximate surface area is 101 Å². The second-order valence-corrected chi connectivity index (χ2v) is 5.98. The lowest BCUT2D eigenvalue weighted by atomic mass is 9.87. The third kappa shape index (κ3) is 1.87. The van der Waals surface area contributed by atoms with E-state index in [0.29, 0.717) is 12.8 Å². The number of rotatable bonds is 1. The lowest BCUT2D eigenvalue weighted by Crippen LogP contribution is -2.54. The van der Waals surface area contributed by atoms with Crippen molar-refractivity contribution in [2.45, 2.75) is 63.6 Å². The van der Waals surface area contributed by atoms with Crippen LogP contribution in [0.2, 0.25) is 0 Å². The van der Waals surface area contributed by atoms with Crippen LogP contribution in [0.1, 0.15) is 46.5 Å². The maximum Gasteiger partial charge on any atom is 0.411 e. The second kappa shape index (κ2) is 3.62. The number of carbonyl (C=O) groups is 2. The van der Waals surface area contributed by atoms with Crippen molar-refractivity contribution in [1.29, 1.82) is 0 Å². The van der Waals surface area contributed by atoms with Crippen molar-refractivity contribution in [3.8, 4) is 0 Å². The Balaban J connectivity index is 2.21. The number of carbonyl (C=O) groups excluding carboxylic acids is 2. The topological polar surface area (TPSA) is 72.6 Å². The summed E-state index contributed by atoms with van der Waals surface area (Å²) >= 11 is 0. The Morgan fingerprint density at radius 1 is 1.29 bits per heavy atom. The highest BCUT2D eigenvalue weighted by molar-refractivity contribution is 5.90. The Kier molecular flexibility index (Phi) is 2.60. The van der Waals surface area contributed by atoms with Crippen LogP contribution in [-0.4, -0.2) is 34.1 Å². The zero-order valence-corrected chi connectivity index (χ0v) is 10.7. The molecule has 0 spiro atoms. The Hall–Kier alpha value is -1.26. The van der Waals surface area contributed by atoms with Crippen LogP contribution in [0.15, 0.2) is 0 Å². The molecule has 2 aliphatic heterocycles. The van der Waals surface area contributed by atoms with Gasteiger partial charge in [-0.1, -0.05) is 0 Å². The van der Waals surface area contributed by atoms with E-state index in [2.05, 4.69) is 0 Å². The zero-order valence-electron chi connectivity index (χ0n) is 10.7. The van der Waals surface area contributed by atoms with Crippen LogP contribution in [0.25, 0.3) is 0 Å². The van der Waals surface area contributed by atoms with Gasteiger partial charge in [0.05, 0.1) is 0 Å². The minimum atomic E-state index is -0.785. The maximum atomic E-state index is 12.1. The minimum absolute atomic E-state index is 0.123. The van der Waals surface area contributed by atoms with Crippen molar-refractivity contribution in [3.63, 3.8) is 0 Å². The number of ether oxygens (including phenoxy) is 1. The molecule has 5 nitrogen and oxygen atoms in total. The summed E-state index contributed by atoms with van der Waals surface area (Å²) in [4.78, 5) is 25.3. The quantitative estimate of drug-likeness (QED) is 0.753. The van der Waals surface area contributed by atoms with Crippen LogP contribution in [0.4, 0.5) is 4.79 Å². The molecule has 2 rings (SSSR count). The van der Waals surface area contributed by atoms with E-state index in [1.54, 1.807) is 4.90 Å². The summed E-state index contributed by atoms with van der Waals surface area (Å²) in [5, 5.41) is 0. The molecule has 2 bridgehead atoms. The highest BCUT2D eigenvalue weighted by Crippen LogP contribution is 2.46. The number of hydrogen-bond acceptors (Lipinski definition) is 3. The van der Waals surface area contributed by atoms with Crippen LogP contribution in [-0.2, 0) is 9.53 Å². The number of primary amides is 1. The highest BCUT2D eigenvalue weighted by atomic mass is 16.6. The molecule has 0 aliphatic carbocycles. The van der Waals surface area contributed by atoms with E-state index < -0.39 is 23.1 Å². The first-order chi connectivity index (χ1) is 7.76. The zero-order chi connectivity index (χ0) is 12.8. The molecular weight excluding hydrogens is 220 g/mol. The van der Waals surface area contributed by atoms with E-state index in [9.17, 15) is 9.59 Å². The van der Waals surface area contributed by atoms with Gasteiger partial charge in [-0.15, -0.1) is 0 Å². The van der Waals surface area contributed by atoms with E-state index in [1.807, 2.05) is 20.8 Å². The van der Waals surface area contributed by atoms with Crippen LogP contribution in [0, 0.1) is 0 Å². The molecule has 17 heavy (non-hydrogen) atoms. The molecule has 0 unspecified atom stereocenters. The lowest BCUT2D eigenvalue weighted by Gasteiger charge is -2.33. The van der Waals surface area contributed by atoms with Gasteiger partial charge in [0.25, 0.3) is 0 Å². The minimum Gasteiger partial charge on any atom is -0.444 e. The average Bonchev–Trinajstić information content (AvgIpc) is 2.70. The van der Waals surface area contributed by atoms with Crippen LogP contribution in [0.5, 0.6) is 0 Å². The SMILES string of the molecule is CC(C)(C)OC(=O)N1C2CCC1(C(N)=O)CC2. The van der Waals surface area contributed by atoms with Gasteiger partial charge in [-0.05, 0) is 46.5 Å². The van der Waals surface area contributed by atoms with Gasteiger partial charge in [0.15, 0.2) is 0 Å². The van der Waals surface area contributed by atoms with Crippen LogP contribution < -0.4 is 5.73 Å². The Morgan fingerprint density at radius 3 is 2.24 bits per heavy atom. The molecule has 0 radical (unpaired) electrons. The number of nitrogens with zero attached hydrogens (tertiary/aromatic N) is 1. The predicted molar refractivity (Wildman–Crippen MR) is 62.3 cm³/mol. The monoisotopic (exact) mass is 240 g/mol. The average molecular weight is 240 g/mol. The van der Waals surface area contributed by atoms with Crippen molar-refractivity contribution >= 4 is 12.0 Å². The molecule has 2 aliphatic rings. The molecular formula is C12H20N2O3. The number of nitrogens with two attached hydrogens (primary N) is 1. The molecule has 2 heterocycles. The van der Waals surface area contributed by atoms with E-state index in [0.717, 1.165) is 12.8 Å². The fourth-order valence-electron chi connectivity index (χ4n) is 2.93. The molecule has 96 valence electrons. The summed E-state index contributed by atoms with van der Waals surface area (Å²) < 4.78 is 5.36. The van der Waals surface area contributed by atoms with Crippen molar-refractivity contribution in [3.05, 3.63) is 0 Å². The summed E-state index contributed by atoms with van der Waals surface area (Å²) in [6.45, 7) is 5.46. The second-order valence-electron chi connectivity index (χ2n) is 5.98. The Bertz CT molecular complexity index is 351. The summed E-state index contributed by atoms with van der Waals surface area (Å²) in [5.74, 6) is -0.400. The molecule has 0 saturated carbocycles. The molecule has 2 saturated heterocycles. The first-order valence-electron chi connectivity index (χ1n) is 6.08. The highest BCUT2D eigenvalue weighted by Gasteiger charge is 2.58. The van der Waals surface area contributed by atoms with Gasteiger partial charge in [-0.25, -0.2) is 4.79 Å². The lowest BCUT2D eigenvalue weighted by molar-refractivity contribution is -0.127. The van der Waals surface area contributed by atoms with Gasteiger partial charge in [0.1, 0.15) is 11.1 Å². The van der Waals surface area contributed by atoms with Crippen LogP contribution in [0.3, 0.4) is 0 Å². The third-order valence-corrected chi connectivity index (χ3v) is 3.66. The molecule has 0 atom stereocenters. The summed E-state index contributed by atoms with van der Waals surface area (Å²) in [7, 11) is 0. The van der Waals surface area contributed by atoms with E-state index >= 15 is 0 Å². The molecule has 2 N–H and O–H groups in total. The van der Waals surface area contributed by atoms with Crippen molar-refractivity contribution in [2.75, 3.05) is 0 Å².